The minimum absolute atomic E-state index is 0.0111. The van der Waals surface area contributed by atoms with E-state index in [2.05, 4.69) is 52.7 Å². The summed E-state index contributed by atoms with van der Waals surface area (Å²) >= 11 is 1.68. The van der Waals surface area contributed by atoms with Crippen molar-refractivity contribution in [1.29, 1.82) is 0 Å². The zero-order valence-corrected chi connectivity index (χ0v) is 16.9. The average molecular weight is 392 g/mol. The molecule has 1 aliphatic rings. The van der Waals surface area contributed by atoms with Crippen LogP contribution < -0.4 is 5.32 Å². The first kappa shape index (κ1) is 18.8. The third-order valence-electron chi connectivity index (χ3n) is 5.25. The second-order valence-electron chi connectivity index (χ2n) is 7.06. The van der Waals surface area contributed by atoms with E-state index in [9.17, 15) is 4.79 Å². The molecule has 1 heterocycles. The topological polar surface area (TPSA) is 35.6 Å². The molecule has 5 heteroatoms. The van der Waals surface area contributed by atoms with Gasteiger partial charge < -0.3 is 10.2 Å². The quantitative estimate of drug-likeness (QED) is 0.642. The number of hydrogen-bond acceptors (Lipinski definition) is 3. The molecule has 0 spiro atoms. The van der Waals surface area contributed by atoms with Crippen molar-refractivity contribution in [2.75, 3.05) is 37.8 Å². The SMILES string of the molecule is CSc1cccc(NC(=O)N2CCN(Cc3cccc4ccccc34)CC2)c1. The number of nitrogens with zero attached hydrogens (tertiary/aromatic N) is 2. The number of carbonyl (C=O) groups excluding carboxylic acids is 1. The Bertz CT molecular complexity index is 961. The summed E-state index contributed by atoms with van der Waals surface area (Å²) in [4.78, 5) is 18.1. The van der Waals surface area contributed by atoms with Crippen LogP contribution in [0.1, 0.15) is 5.56 Å². The van der Waals surface area contributed by atoms with Gasteiger partial charge in [0.15, 0.2) is 0 Å². The van der Waals surface area contributed by atoms with Crippen molar-refractivity contribution in [3.05, 3.63) is 72.3 Å². The van der Waals surface area contributed by atoms with Crippen LogP contribution in [0.3, 0.4) is 0 Å². The summed E-state index contributed by atoms with van der Waals surface area (Å²) in [5.41, 5.74) is 2.21. The van der Waals surface area contributed by atoms with Gasteiger partial charge >= 0.3 is 6.03 Å². The monoisotopic (exact) mass is 391 g/mol. The van der Waals surface area contributed by atoms with Gasteiger partial charge in [-0.05, 0) is 40.8 Å². The van der Waals surface area contributed by atoms with Crippen molar-refractivity contribution < 1.29 is 4.79 Å². The molecule has 3 aromatic carbocycles. The first-order chi connectivity index (χ1) is 13.7. The van der Waals surface area contributed by atoms with Crippen LogP contribution in [0, 0.1) is 0 Å². The second-order valence-corrected chi connectivity index (χ2v) is 7.94. The number of carbonyl (C=O) groups is 1. The fourth-order valence-corrected chi connectivity index (χ4v) is 4.14. The molecule has 3 aromatic rings. The smallest absolute Gasteiger partial charge is 0.321 e. The lowest BCUT2D eigenvalue weighted by atomic mass is 10.0. The fraction of sp³-hybridized carbons (Fsp3) is 0.261. The largest absolute Gasteiger partial charge is 0.322 e. The normalized spacial score (nSPS) is 15.0. The van der Waals surface area contributed by atoms with Crippen LogP contribution in [0.5, 0.6) is 0 Å². The third-order valence-corrected chi connectivity index (χ3v) is 5.98. The molecule has 4 nitrogen and oxygen atoms in total. The molecule has 0 bridgehead atoms. The van der Waals surface area contributed by atoms with Gasteiger partial charge in [0.25, 0.3) is 0 Å². The summed E-state index contributed by atoms with van der Waals surface area (Å²) in [5, 5.41) is 5.63. The molecular formula is C23H25N3OS. The molecule has 0 unspecified atom stereocenters. The van der Waals surface area contributed by atoms with Gasteiger partial charge in [-0.3, -0.25) is 4.90 Å². The van der Waals surface area contributed by atoms with Gasteiger partial charge in [-0.15, -0.1) is 11.8 Å². The lowest BCUT2D eigenvalue weighted by molar-refractivity contribution is 0.143. The van der Waals surface area contributed by atoms with Crippen LogP contribution in [0.15, 0.2) is 71.6 Å². The molecule has 0 aromatic heterocycles. The molecule has 2 amide bonds. The summed E-state index contributed by atoms with van der Waals surface area (Å²) in [6.45, 7) is 4.20. The number of amides is 2. The van der Waals surface area contributed by atoms with Gasteiger partial charge in [-0.25, -0.2) is 4.79 Å². The van der Waals surface area contributed by atoms with Crippen molar-refractivity contribution in [1.82, 2.24) is 9.80 Å². The second kappa shape index (κ2) is 8.67. The summed E-state index contributed by atoms with van der Waals surface area (Å²) in [6, 6.07) is 23.0. The number of rotatable bonds is 4. The molecule has 1 aliphatic heterocycles. The van der Waals surface area contributed by atoms with Crippen LogP contribution >= 0.6 is 11.8 Å². The van der Waals surface area contributed by atoms with Crippen molar-refractivity contribution in [2.45, 2.75) is 11.4 Å². The van der Waals surface area contributed by atoms with E-state index < -0.39 is 0 Å². The minimum atomic E-state index is -0.0111. The molecule has 0 aliphatic carbocycles. The highest BCUT2D eigenvalue weighted by Gasteiger charge is 2.21. The zero-order chi connectivity index (χ0) is 19.3. The van der Waals surface area contributed by atoms with Gasteiger partial charge in [0, 0.05) is 43.3 Å². The van der Waals surface area contributed by atoms with Gasteiger partial charge in [0.2, 0.25) is 0 Å². The standard InChI is InChI=1S/C23H25N3OS/c1-28-21-10-5-9-20(16-21)24-23(27)26-14-12-25(13-15-26)17-19-8-4-7-18-6-2-3-11-22(18)19/h2-11,16H,12-15,17H2,1H3,(H,24,27). The van der Waals surface area contributed by atoms with Crippen LogP contribution in [0.2, 0.25) is 0 Å². The van der Waals surface area contributed by atoms with Crippen molar-refractivity contribution in [3.63, 3.8) is 0 Å². The molecular weight excluding hydrogens is 366 g/mol. The third kappa shape index (κ3) is 4.32. The van der Waals surface area contributed by atoms with Gasteiger partial charge in [0.1, 0.15) is 0 Å². The first-order valence-electron chi connectivity index (χ1n) is 9.62. The molecule has 4 rings (SSSR count). The Hall–Kier alpha value is -2.50. The maximum Gasteiger partial charge on any atom is 0.321 e. The Balaban J connectivity index is 1.34. The number of anilines is 1. The summed E-state index contributed by atoms with van der Waals surface area (Å²) in [5.74, 6) is 0. The molecule has 28 heavy (non-hydrogen) atoms. The maximum atomic E-state index is 12.6. The number of nitrogens with one attached hydrogen (secondary N) is 1. The number of piperazine rings is 1. The number of fused-ring (bicyclic) bond motifs is 1. The van der Waals surface area contributed by atoms with Gasteiger partial charge in [-0.2, -0.15) is 0 Å². The molecule has 1 saturated heterocycles. The van der Waals surface area contributed by atoms with Gasteiger partial charge in [0.05, 0.1) is 0 Å². The molecule has 144 valence electrons. The van der Waals surface area contributed by atoms with E-state index in [-0.39, 0.29) is 6.03 Å². The predicted molar refractivity (Wildman–Crippen MR) is 118 cm³/mol. The van der Waals surface area contributed by atoms with Crippen molar-refractivity contribution in [2.24, 2.45) is 0 Å². The van der Waals surface area contributed by atoms with Crippen molar-refractivity contribution in [3.8, 4) is 0 Å². The van der Waals surface area contributed by atoms with E-state index in [1.54, 1.807) is 11.8 Å². The van der Waals surface area contributed by atoms with Crippen LogP contribution in [-0.2, 0) is 6.54 Å². The fourth-order valence-electron chi connectivity index (χ4n) is 3.68. The highest BCUT2D eigenvalue weighted by molar-refractivity contribution is 7.98. The Morgan fingerprint density at radius 2 is 1.71 bits per heavy atom. The summed E-state index contributed by atoms with van der Waals surface area (Å²) in [7, 11) is 0. The van der Waals surface area contributed by atoms with Crippen LogP contribution in [0.4, 0.5) is 10.5 Å². The Labute approximate surface area is 170 Å². The number of hydrogen-bond donors (Lipinski definition) is 1. The number of benzene rings is 3. The Morgan fingerprint density at radius 1 is 0.964 bits per heavy atom. The molecule has 0 radical (unpaired) electrons. The first-order valence-corrected chi connectivity index (χ1v) is 10.8. The lowest BCUT2D eigenvalue weighted by Gasteiger charge is -2.35. The number of urea groups is 1. The van der Waals surface area contributed by atoms with Crippen LogP contribution in [-0.4, -0.2) is 48.3 Å². The predicted octanol–water partition coefficient (Wildman–Crippen LogP) is 4.91. The van der Waals surface area contributed by atoms with E-state index in [0.29, 0.717) is 0 Å². The highest BCUT2D eigenvalue weighted by Crippen LogP contribution is 2.21. The minimum Gasteiger partial charge on any atom is -0.322 e. The number of thioether (sulfide) groups is 1. The lowest BCUT2D eigenvalue weighted by Crippen LogP contribution is -2.49. The van der Waals surface area contributed by atoms with Crippen molar-refractivity contribution >= 4 is 34.3 Å². The molecule has 0 atom stereocenters. The average Bonchev–Trinajstić information content (AvgIpc) is 2.74. The Kier molecular flexibility index (Phi) is 5.84. The summed E-state index contributed by atoms with van der Waals surface area (Å²) < 4.78 is 0. The van der Waals surface area contributed by atoms with E-state index in [1.807, 2.05) is 35.4 Å². The highest BCUT2D eigenvalue weighted by atomic mass is 32.2. The maximum absolute atomic E-state index is 12.6. The van der Waals surface area contributed by atoms with E-state index in [0.717, 1.165) is 43.3 Å². The molecule has 1 N–H and O–H groups in total. The summed E-state index contributed by atoms with van der Waals surface area (Å²) in [6.07, 6.45) is 2.04. The van der Waals surface area contributed by atoms with E-state index >= 15 is 0 Å². The molecule has 1 fully saturated rings. The van der Waals surface area contributed by atoms with E-state index in [4.69, 9.17) is 0 Å². The van der Waals surface area contributed by atoms with Crippen LogP contribution in [0.25, 0.3) is 10.8 Å². The molecule has 0 saturated carbocycles. The van der Waals surface area contributed by atoms with E-state index in [1.165, 1.54) is 16.3 Å². The zero-order valence-electron chi connectivity index (χ0n) is 16.1. The van der Waals surface area contributed by atoms with Gasteiger partial charge in [-0.1, -0.05) is 48.5 Å². The Morgan fingerprint density at radius 3 is 2.54 bits per heavy atom.